The molecule has 1 aliphatic carbocycles. The SMILES string of the molecule is CCNC1CCCc2cn(Cc3nccs3)cc21. The van der Waals surface area contributed by atoms with E-state index in [1.807, 2.05) is 11.6 Å². The van der Waals surface area contributed by atoms with Crippen molar-refractivity contribution in [1.82, 2.24) is 14.9 Å². The van der Waals surface area contributed by atoms with Crippen molar-refractivity contribution in [3.05, 3.63) is 40.1 Å². The quantitative estimate of drug-likeness (QED) is 0.917. The minimum atomic E-state index is 0.552. The molecule has 0 saturated heterocycles. The summed E-state index contributed by atoms with van der Waals surface area (Å²) in [5.74, 6) is 0. The van der Waals surface area contributed by atoms with Crippen LogP contribution in [-0.4, -0.2) is 16.1 Å². The highest BCUT2D eigenvalue weighted by atomic mass is 32.1. The summed E-state index contributed by atoms with van der Waals surface area (Å²) < 4.78 is 2.29. The van der Waals surface area contributed by atoms with Gasteiger partial charge >= 0.3 is 0 Å². The Bertz CT molecular complexity index is 501. The Hall–Kier alpha value is -1.13. The molecule has 1 N–H and O–H groups in total. The van der Waals surface area contributed by atoms with Gasteiger partial charge in [0.25, 0.3) is 0 Å². The molecule has 2 aromatic rings. The van der Waals surface area contributed by atoms with Crippen LogP contribution >= 0.6 is 11.3 Å². The summed E-state index contributed by atoms with van der Waals surface area (Å²) >= 11 is 1.73. The summed E-state index contributed by atoms with van der Waals surface area (Å²) in [5.41, 5.74) is 3.02. The molecule has 1 atom stereocenters. The molecule has 0 fully saturated rings. The van der Waals surface area contributed by atoms with Gasteiger partial charge in [0.1, 0.15) is 5.01 Å². The third-order valence-corrected chi connectivity index (χ3v) is 4.33. The van der Waals surface area contributed by atoms with E-state index in [4.69, 9.17) is 0 Å². The number of hydrogen-bond acceptors (Lipinski definition) is 3. The maximum atomic E-state index is 4.36. The van der Waals surface area contributed by atoms with E-state index in [9.17, 15) is 0 Å². The van der Waals surface area contributed by atoms with Gasteiger partial charge in [-0.2, -0.15) is 0 Å². The van der Waals surface area contributed by atoms with E-state index in [2.05, 4.69) is 34.2 Å². The number of nitrogens with one attached hydrogen (secondary N) is 1. The Morgan fingerprint density at radius 1 is 1.50 bits per heavy atom. The summed E-state index contributed by atoms with van der Waals surface area (Å²) in [7, 11) is 0. The Morgan fingerprint density at radius 3 is 3.22 bits per heavy atom. The predicted molar refractivity (Wildman–Crippen MR) is 75.0 cm³/mol. The van der Waals surface area contributed by atoms with Gasteiger partial charge in [-0.15, -0.1) is 11.3 Å². The van der Waals surface area contributed by atoms with Crippen LogP contribution in [0.2, 0.25) is 0 Å². The van der Waals surface area contributed by atoms with E-state index in [-0.39, 0.29) is 0 Å². The molecule has 0 spiro atoms. The highest BCUT2D eigenvalue weighted by Crippen LogP contribution is 2.30. The molecule has 0 bridgehead atoms. The molecule has 96 valence electrons. The highest BCUT2D eigenvalue weighted by molar-refractivity contribution is 7.09. The minimum Gasteiger partial charge on any atom is -0.347 e. The fourth-order valence-corrected chi connectivity index (χ4v) is 3.41. The van der Waals surface area contributed by atoms with Crippen LogP contribution in [0, 0.1) is 0 Å². The van der Waals surface area contributed by atoms with Crippen molar-refractivity contribution in [3.63, 3.8) is 0 Å². The zero-order valence-electron chi connectivity index (χ0n) is 10.7. The van der Waals surface area contributed by atoms with E-state index in [1.54, 1.807) is 11.3 Å². The molecule has 0 saturated carbocycles. The van der Waals surface area contributed by atoms with Crippen LogP contribution in [0.3, 0.4) is 0 Å². The lowest BCUT2D eigenvalue weighted by molar-refractivity contribution is 0.473. The summed E-state index contributed by atoms with van der Waals surface area (Å²) in [4.78, 5) is 4.36. The normalized spacial score (nSPS) is 18.8. The van der Waals surface area contributed by atoms with Gasteiger partial charge in [0.15, 0.2) is 0 Å². The van der Waals surface area contributed by atoms with Crippen LogP contribution in [-0.2, 0) is 13.0 Å². The summed E-state index contributed by atoms with van der Waals surface area (Å²) in [6.45, 7) is 4.13. The molecule has 0 aromatic carbocycles. The van der Waals surface area contributed by atoms with Gasteiger partial charge in [-0.25, -0.2) is 4.98 Å². The van der Waals surface area contributed by atoms with E-state index in [0.29, 0.717) is 6.04 Å². The lowest BCUT2D eigenvalue weighted by Crippen LogP contribution is -2.23. The molecule has 18 heavy (non-hydrogen) atoms. The van der Waals surface area contributed by atoms with Gasteiger partial charge in [0, 0.05) is 30.0 Å². The van der Waals surface area contributed by atoms with E-state index >= 15 is 0 Å². The molecule has 0 amide bonds. The van der Waals surface area contributed by atoms with Crippen LogP contribution in [0.15, 0.2) is 24.0 Å². The lowest BCUT2D eigenvalue weighted by Gasteiger charge is -2.22. The van der Waals surface area contributed by atoms with E-state index in [0.717, 1.165) is 13.1 Å². The van der Waals surface area contributed by atoms with Crippen molar-refractivity contribution < 1.29 is 0 Å². The molecule has 2 aromatic heterocycles. The fraction of sp³-hybridized carbons (Fsp3) is 0.500. The van der Waals surface area contributed by atoms with Crippen molar-refractivity contribution >= 4 is 11.3 Å². The second-order valence-electron chi connectivity index (χ2n) is 4.84. The molecule has 2 heterocycles. The summed E-state index contributed by atoms with van der Waals surface area (Å²) in [6, 6.07) is 0.552. The van der Waals surface area contributed by atoms with E-state index < -0.39 is 0 Å². The third kappa shape index (κ3) is 2.35. The van der Waals surface area contributed by atoms with Crippen molar-refractivity contribution in [2.75, 3.05) is 6.54 Å². The summed E-state index contributed by atoms with van der Waals surface area (Å²) in [6.07, 6.45) is 10.3. The fourth-order valence-electron chi connectivity index (χ4n) is 2.79. The molecular formula is C14H19N3S. The average molecular weight is 261 g/mol. The molecule has 3 rings (SSSR count). The zero-order valence-corrected chi connectivity index (χ0v) is 11.5. The maximum Gasteiger partial charge on any atom is 0.112 e. The van der Waals surface area contributed by atoms with Crippen LogP contribution in [0.4, 0.5) is 0 Å². The standard InChI is InChI=1S/C14H19N3S/c1-2-15-13-5-3-4-11-8-17(9-12(11)13)10-14-16-6-7-18-14/h6-9,13,15H,2-5,10H2,1H3. The average Bonchev–Trinajstić information content (AvgIpc) is 2.99. The molecule has 0 aliphatic heterocycles. The van der Waals surface area contributed by atoms with Crippen LogP contribution < -0.4 is 5.32 Å². The second kappa shape index (κ2) is 5.24. The van der Waals surface area contributed by atoms with Gasteiger partial charge < -0.3 is 9.88 Å². The number of thiazole rings is 1. The smallest absolute Gasteiger partial charge is 0.112 e. The van der Waals surface area contributed by atoms with Gasteiger partial charge in [0.05, 0.1) is 6.54 Å². The number of fused-ring (bicyclic) bond motifs is 1. The number of rotatable bonds is 4. The number of nitrogens with zero attached hydrogens (tertiary/aromatic N) is 2. The highest BCUT2D eigenvalue weighted by Gasteiger charge is 2.21. The topological polar surface area (TPSA) is 29.9 Å². The lowest BCUT2D eigenvalue weighted by atomic mass is 9.91. The Labute approximate surface area is 112 Å². The van der Waals surface area contributed by atoms with Crippen LogP contribution in [0.25, 0.3) is 0 Å². The Morgan fingerprint density at radius 2 is 2.44 bits per heavy atom. The first-order valence-electron chi connectivity index (χ1n) is 6.67. The van der Waals surface area contributed by atoms with Crippen molar-refractivity contribution in [2.24, 2.45) is 0 Å². The predicted octanol–water partition coefficient (Wildman–Crippen LogP) is 2.98. The van der Waals surface area contributed by atoms with Crippen LogP contribution in [0.1, 0.15) is 41.9 Å². The van der Waals surface area contributed by atoms with Gasteiger partial charge in [0.2, 0.25) is 0 Å². The monoisotopic (exact) mass is 261 g/mol. The first kappa shape index (κ1) is 11.9. The largest absolute Gasteiger partial charge is 0.347 e. The van der Waals surface area contributed by atoms with Gasteiger partial charge in [-0.3, -0.25) is 0 Å². The first-order chi connectivity index (χ1) is 8.86. The van der Waals surface area contributed by atoms with Crippen LogP contribution in [0.5, 0.6) is 0 Å². The molecule has 1 aliphatic rings. The van der Waals surface area contributed by atoms with Gasteiger partial charge in [-0.05, 0) is 36.9 Å². The number of aryl methyl sites for hydroxylation is 1. The first-order valence-corrected chi connectivity index (χ1v) is 7.55. The molecule has 3 nitrogen and oxygen atoms in total. The maximum absolute atomic E-state index is 4.36. The number of hydrogen-bond donors (Lipinski definition) is 1. The number of aromatic nitrogens is 2. The molecule has 4 heteroatoms. The van der Waals surface area contributed by atoms with Crippen molar-refractivity contribution in [3.8, 4) is 0 Å². The minimum absolute atomic E-state index is 0.552. The van der Waals surface area contributed by atoms with Crippen molar-refractivity contribution in [2.45, 2.75) is 38.8 Å². The summed E-state index contributed by atoms with van der Waals surface area (Å²) in [5, 5.41) is 6.81. The molecular weight excluding hydrogens is 242 g/mol. The van der Waals surface area contributed by atoms with Gasteiger partial charge in [-0.1, -0.05) is 6.92 Å². The molecule has 0 radical (unpaired) electrons. The van der Waals surface area contributed by atoms with Crippen molar-refractivity contribution in [1.29, 1.82) is 0 Å². The second-order valence-corrected chi connectivity index (χ2v) is 5.82. The Kier molecular flexibility index (Phi) is 3.48. The zero-order chi connectivity index (χ0) is 12.4. The Balaban J connectivity index is 1.82. The third-order valence-electron chi connectivity index (χ3n) is 3.56. The van der Waals surface area contributed by atoms with E-state index in [1.165, 1.54) is 35.4 Å². The molecule has 1 unspecified atom stereocenters.